The summed E-state index contributed by atoms with van der Waals surface area (Å²) >= 11 is 0. The van der Waals surface area contributed by atoms with Crippen molar-refractivity contribution in [3.8, 4) is 0 Å². The molecule has 1 saturated carbocycles. The van der Waals surface area contributed by atoms with Crippen LogP contribution in [0.2, 0.25) is 0 Å². The highest BCUT2D eigenvalue weighted by Crippen LogP contribution is 2.55. The van der Waals surface area contributed by atoms with Crippen LogP contribution in [0, 0.1) is 19.7 Å². The minimum atomic E-state index is -0.452. The van der Waals surface area contributed by atoms with Gasteiger partial charge in [0.2, 0.25) is 0 Å². The second-order valence-corrected chi connectivity index (χ2v) is 9.34. The standard InChI is InChI=1S/C26H24FN5O/c1-15-8-16(2)10-19(9-15)30-25(33)32-24(17-4-3-5-18(27)11-17)23-20(12-26(32)6-7-26)22-21(31-23)13-28-14-29-22/h3-5,8-11,13-14,24,31H,6-7,12H2,1-2H3,(H,30,33). The third-order valence-electron chi connectivity index (χ3n) is 6.82. The van der Waals surface area contributed by atoms with Crippen LogP contribution in [0.15, 0.2) is 55.0 Å². The molecule has 6 rings (SSSR count). The average molecular weight is 442 g/mol. The Balaban J connectivity index is 1.50. The van der Waals surface area contributed by atoms with Gasteiger partial charge in [0.1, 0.15) is 12.1 Å². The predicted molar refractivity (Wildman–Crippen MR) is 125 cm³/mol. The number of aromatic amines is 1. The number of halogens is 1. The normalized spacial score (nSPS) is 18.4. The largest absolute Gasteiger partial charge is 0.354 e. The minimum absolute atomic E-state index is 0.179. The third-order valence-corrected chi connectivity index (χ3v) is 6.82. The molecule has 1 aliphatic carbocycles. The summed E-state index contributed by atoms with van der Waals surface area (Å²) in [6.45, 7) is 4.03. The fourth-order valence-electron chi connectivity index (χ4n) is 5.36. The number of carbonyl (C=O) groups is 1. The van der Waals surface area contributed by atoms with Crippen molar-refractivity contribution in [2.45, 2.75) is 44.7 Å². The molecule has 2 amide bonds. The van der Waals surface area contributed by atoms with Gasteiger partial charge < -0.3 is 15.2 Å². The summed E-state index contributed by atoms with van der Waals surface area (Å²) in [6.07, 6.45) is 5.81. The first-order valence-corrected chi connectivity index (χ1v) is 11.2. The molecule has 1 atom stereocenters. The molecule has 1 fully saturated rings. The molecule has 1 aliphatic heterocycles. The number of H-pyrrole nitrogens is 1. The van der Waals surface area contributed by atoms with Crippen LogP contribution in [0.3, 0.4) is 0 Å². The molecule has 2 aromatic carbocycles. The molecule has 0 saturated heterocycles. The van der Waals surface area contributed by atoms with E-state index in [1.807, 2.05) is 36.9 Å². The van der Waals surface area contributed by atoms with Gasteiger partial charge >= 0.3 is 6.03 Å². The lowest BCUT2D eigenvalue weighted by Gasteiger charge is -2.43. The lowest BCUT2D eigenvalue weighted by molar-refractivity contribution is 0.146. The number of anilines is 1. The zero-order valence-corrected chi connectivity index (χ0v) is 18.5. The number of hydrogen-bond acceptors (Lipinski definition) is 3. The predicted octanol–water partition coefficient (Wildman–Crippen LogP) is 5.43. The number of nitrogens with one attached hydrogen (secondary N) is 2. The Hall–Kier alpha value is -3.74. The number of urea groups is 1. The van der Waals surface area contributed by atoms with Gasteiger partial charge in [-0.05, 0) is 74.1 Å². The fraction of sp³-hybridized carbons (Fsp3) is 0.269. The van der Waals surface area contributed by atoms with Crippen LogP contribution < -0.4 is 5.32 Å². The molecule has 7 heteroatoms. The Morgan fingerprint density at radius 3 is 2.70 bits per heavy atom. The number of aromatic nitrogens is 3. The number of benzene rings is 2. The van der Waals surface area contributed by atoms with Gasteiger partial charge in [0.05, 0.1) is 28.8 Å². The molecule has 0 bridgehead atoms. The van der Waals surface area contributed by atoms with Gasteiger partial charge in [0.25, 0.3) is 0 Å². The van der Waals surface area contributed by atoms with E-state index in [4.69, 9.17) is 0 Å². The van der Waals surface area contributed by atoms with E-state index in [1.54, 1.807) is 18.6 Å². The molecule has 166 valence electrons. The number of rotatable bonds is 2. The maximum atomic E-state index is 14.3. The first kappa shape index (κ1) is 19.9. The zero-order valence-electron chi connectivity index (χ0n) is 18.5. The second-order valence-electron chi connectivity index (χ2n) is 9.34. The van der Waals surface area contributed by atoms with Gasteiger partial charge in [-0.1, -0.05) is 18.2 Å². The zero-order chi connectivity index (χ0) is 22.7. The average Bonchev–Trinajstić information content (AvgIpc) is 3.43. The van der Waals surface area contributed by atoms with Crippen molar-refractivity contribution in [2.24, 2.45) is 0 Å². The van der Waals surface area contributed by atoms with Crippen molar-refractivity contribution in [2.75, 3.05) is 5.32 Å². The smallest absolute Gasteiger partial charge is 0.323 e. The lowest BCUT2D eigenvalue weighted by atomic mass is 9.87. The summed E-state index contributed by atoms with van der Waals surface area (Å²) in [5.41, 5.74) is 7.04. The van der Waals surface area contributed by atoms with E-state index in [0.29, 0.717) is 6.42 Å². The highest BCUT2D eigenvalue weighted by atomic mass is 19.1. The molecule has 2 N–H and O–H groups in total. The van der Waals surface area contributed by atoms with Crippen LogP contribution in [-0.2, 0) is 6.42 Å². The van der Waals surface area contributed by atoms with Crippen LogP contribution in [0.1, 0.15) is 46.8 Å². The molecule has 4 aromatic rings. The number of nitrogens with zero attached hydrogens (tertiary/aromatic N) is 3. The van der Waals surface area contributed by atoms with E-state index < -0.39 is 6.04 Å². The number of aryl methyl sites for hydroxylation is 2. The number of fused-ring (bicyclic) bond motifs is 3. The molecule has 1 unspecified atom stereocenters. The SMILES string of the molecule is Cc1cc(C)cc(NC(=O)N2C(c3cccc(F)c3)c3[nH]c4cncnc4c3CC23CC3)c1. The Kier molecular flexibility index (Phi) is 4.30. The molecule has 2 aliphatic rings. The van der Waals surface area contributed by atoms with Crippen molar-refractivity contribution >= 4 is 22.8 Å². The summed E-state index contributed by atoms with van der Waals surface area (Å²) in [4.78, 5) is 27.9. The lowest BCUT2D eigenvalue weighted by Crippen LogP contribution is -2.51. The molecule has 33 heavy (non-hydrogen) atoms. The Morgan fingerprint density at radius 1 is 1.18 bits per heavy atom. The topological polar surface area (TPSA) is 73.9 Å². The van der Waals surface area contributed by atoms with Crippen LogP contribution in [0.25, 0.3) is 11.0 Å². The van der Waals surface area contributed by atoms with Gasteiger partial charge in [-0.3, -0.25) is 0 Å². The maximum Gasteiger partial charge on any atom is 0.323 e. The summed E-state index contributed by atoms with van der Waals surface area (Å²) in [7, 11) is 0. The van der Waals surface area contributed by atoms with Crippen LogP contribution in [-0.4, -0.2) is 31.4 Å². The van der Waals surface area contributed by atoms with Crippen molar-refractivity contribution in [3.63, 3.8) is 0 Å². The molecule has 0 radical (unpaired) electrons. The first-order valence-electron chi connectivity index (χ1n) is 11.2. The van der Waals surface area contributed by atoms with E-state index >= 15 is 0 Å². The van der Waals surface area contributed by atoms with Crippen LogP contribution >= 0.6 is 0 Å². The molecule has 1 spiro atoms. The summed E-state index contributed by atoms with van der Waals surface area (Å²) in [5, 5.41) is 3.12. The van der Waals surface area contributed by atoms with Crippen molar-refractivity contribution in [3.05, 3.63) is 88.8 Å². The van der Waals surface area contributed by atoms with E-state index in [9.17, 15) is 9.18 Å². The number of hydrogen-bond donors (Lipinski definition) is 2. The molecule has 6 nitrogen and oxygen atoms in total. The van der Waals surface area contributed by atoms with Crippen LogP contribution in [0.5, 0.6) is 0 Å². The van der Waals surface area contributed by atoms with Gasteiger partial charge in [0, 0.05) is 16.9 Å². The summed E-state index contributed by atoms with van der Waals surface area (Å²) in [6, 6.07) is 11.9. The van der Waals surface area contributed by atoms with E-state index in [-0.39, 0.29) is 17.4 Å². The molecular weight excluding hydrogens is 417 g/mol. The van der Waals surface area contributed by atoms with E-state index in [2.05, 4.69) is 26.3 Å². The van der Waals surface area contributed by atoms with E-state index in [1.165, 1.54) is 12.1 Å². The minimum Gasteiger partial charge on any atom is -0.354 e. The maximum absolute atomic E-state index is 14.3. The highest BCUT2D eigenvalue weighted by molar-refractivity contribution is 5.92. The Bertz CT molecular complexity index is 1390. The monoisotopic (exact) mass is 441 g/mol. The van der Waals surface area contributed by atoms with E-state index in [0.717, 1.165) is 57.5 Å². The second kappa shape index (κ2) is 7.13. The Morgan fingerprint density at radius 2 is 1.97 bits per heavy atom. The van der Waals surface area contributed by atoms with Gasteiger partial charge in [-0.15, -0.1) is 0 Å². The highest BCUT2D eigenvalue weighted by Gasteiger charge is 2.57. The van der Waals surface area contributed by atoms with Crippen LogP contribution in [0.4, 0.5) is 14.9 Å². The van der Waals surface area contributed by atoms with Gasteiger partial charge in [0.15, 0.2) is 0 Å². The van der Waals surface area contributed by atoms with Gasteiger partial charge in [-0.2, -0.15) is 0 Å². The third kappa shape index (κ3) is 3.26. The van der Waals surface area contributed by atoms with Crippen molar-refractivity contribution < 1.29 is 9.18 Å². The Labute approximate surface area is 190 Å². The number of carbonyl (C=O) groups excluding carboxylic acids is 1. The van der Waals surface area contributed by atoms with Crippen molar-refractivity contribution in [1.82, 2.24) is 19.9 Å². The summed E-state index contributed by atoms with van der Waals surface area (Å²) < 4.78 is 14.3. The number of amides is 2. The van der Waals surface area contributed by atoms with Crippen molar-refractivity contribution in [1.29, 1.82) is 0 Å². The molecule has 2 aromatic heterocycles. The molecule has 3 heterocycles. The fourth-order valence-corrected chi connectivity index (χ4v) is 5.36. The van der Waals surface area contributed by atoms with Gasteiger partial charge in [-0.25, -0.2) is 19.2 Å². The molecular formula is C26H24FN5O. The quantitative estimate of drug-likeness (QED) is 0.436. The summed E-state index contributed by atoms with van der Waals surface area (Å²) in [5.74, 6) is -0.324. The first-order chi connectivity index (χ1) is 15.9.